The Hall–Kier alpha value is -2.34. The van der Waals surface area contributed by atoms with Crippen molar-refractivity contribution in [3.63, 3.8) is 0 Å². The topological polar surface area (TPSA) is 58.6 Å². The molecule has 5 nitrogen and oxygen atoms in total. The van der Waals surface area contributed by atoms with Crippen LogP contribution in [0.2, 0.25) is 0 Å². The number of benzene rings is 2. The highest BCUT2D eigenvalue weighted by molar-refractivity contribution is 9.10. The molecule has 2 amide bonds. The van der Waals surface area contributed by atoms with Crippen molar-refractivity contribution in [1.29, 1.82) is 0 Å². The summed E-state index contributed by atoms with van der Waals surface area (Å²) in [5, 5.41) is 3.12. The number of nitrogens with zero attached hydrogens (tertiary/aromatic N) is 1. The predicted molar refractivity (Wildman–Crippen MR) is 126 cm³/mol. The maximum atomic E-state index is 13.1. The quantitative estimate of drug-likeness (QED) is 0.575. The van der Waals surface area contributed by atoms with Gasteiger partial charge in [0.05, 0.1) is 0 Å². The standard InChI is InChI=1S/C25H31BrN2O3/c1-17-8-10-20(11-9-17)15-28(19(3)25(30)27-21-6-4-5-7-21)24(29)16-31-22-12-13-23(26)18(2)14-22/h8-14,19,21H,4-7,15-16H2,1-3H3,(H,27,30)/t19-/m0/s1. The molecule has 0 spiro atoms. The summed E-state index contributed by atoms with van der Waals surface area (Å²) < 4.78 is 6.75. The summed E-state index contributed by atoms with van der Waals surface area (Å²) in [6, 6.07) is 13.3. The first-order valence-electron chi connectivity index (χ1n) is 10.9. The van der Waals surface area contributed by atoms with E-state index in [1.807, 2.05) is 56.3 Å². The Balaban J connectivity index is 1.71. The van der Waals surface area contributed by atoms with Gasteiger partial charge in [-0.3, -0.25) is 9.59 Å². The zero-order valence-corrected chi connectivity index (χ0v) is 20.1. The third-order valence-corrected chi connectivity index (χ3v) is 6.72. The molecular formula is C25H31BrN2O3. The molecule has 1 saturated carbocycles. The lowest BCUT2D eigenvalue weighted by Crippen LogP contribution is -2.50. The fraction of sp³-hybridized carbons (Fsp3) is 0.440. The highest BCUT2D eigenvalue weighted by Gasteiger charge is 2.28. The lowest BCUT2D eigenvalue weighted by Gasteiger charge is -2.29. The zero-order valence-electron chi connectivity index (χ0n) is 18.5. The Morgan fingerprint density at radius 3 is 2.45 bits per heavy atom. The minimum Gasteiger partial charge on any atom is -0.484 e. The third-order valence-electron chi connectivity index (χ3n) is 5.83. The lowest BCUT2D eigenvalue weighted by molar-refractivity contribution is -0.142. The molecule has 2 aromatic carbocycles. The van der Waals surface area contributed by atoms with Crippen LogP contribution in [0.3, 0.4) is 0 Å². The maximum Gasteiger partial charge on any atom is 0.261 e. The second kappa shape index (κ2) is 10.8. The van der Waals surface area contributed by atoms with E-state index in [-0.39, 0.29) is 24.5 Å². The van der Waals surface area contributed by atoms with Gasteiger partial charge in [-0.25, -0.2) is 0 Å². The van der Waals surface area contributed by atoms with E-state index >= 15 is 0 Å². The summed E-state index contributed by atoms with van der Waals surface area (Å²) >= 11 is 3.47. The Morgan fingerprint density at radius 1 is 1.13 bits per heavy atom. The number of ether oxygens (including phenoxy) is 1. The van der Waals surface area contributed by atoms with E-state index < -0.39 is 6.04 Å². The summed E-state index contributed by atoms with van der Waals surface area (Å²) in [5.74, 6) is 0.314. The molecule has 0 heterocycles. The largest absolute Gasteiger partial charge is 0.484 e. The van der Waals surface area contributed by atoms with Crippen molar-refractivity contribution in [2.24, 2.45) is 0 Å². The summed E-state index contributed by atoms with van der Waals surface area (Å²) in [6.45, 7) is 6.03. The van der Waals surface area contributed by atoms with E-state index in [0.29, 0.717) is 12.3 Å². The molecule has 0 aromatic heterocycles. The van der Waals surface area contributed by atoms with Crippen molar-refractivity contribution in [3.05, 3.63) is 63.6 Å². The summed E-state index contributed by atoms with van der Waals surface area (Å²) in [5.41, 5.74) is 3.17. The number of halogens is 1. The minimum absolute atomic E-state index is 0.105. The number of hydrogen-bond acceptors (Lipinski definition) is 3. The normalized spacial score (nSPS) is 14.8. The van der Waals surface area contributed by atoms with Gasteiger partial charge in [-0.2, -0.15) is 0 Å². The van der Waals surface area contributed by atoms with E-state index in [0.717, 1.165) is 46.8 Å². The molecule has 0 bridgehead atoms. The monoisotopic (exact) mass is 486 g/mol. The van der Waals surface area contributed by atoms with Crippen LogP contribution in [-0.4, -0.2) is 35.4 Å². The SMILES string of the molecule is Cc1ccc(CN(C(=O)COc2ccc(Br)c(C)c2)[C@@H](C)C(=O)NC2CCCC2)cc1. The van der Waals surface area contributed by atoms with Crippen molar-refractivity contribution in [2.75, 3.05) is 6.61 Å². The van der Waals surface area contributed by atoms with Crippen LogP contribution < -0.4 is 10.1 Å². The van der Waals surface area contributed by atoms with Gasteiger partial charge in [-0.15, -0.1) is 0 Å². The van der Waals surface area contributed by atoms with E-state index in [4.69, 9.17) is 4.74 Å². The molecular weight excluding hydrogens is 456 g/mol. The second-order valence-electron chi connectivity index (χ2n) is 8.37. The summed E-state index contributed by atoms with van der Waals surface area (Å²) in [6.07, 6.45) is 4.31. The first-order valence-corrected chi connectivity index (χ1v) is 11.7. The molecule has 0 radical (unpaired) electrons. The fourth-order valence-corrected chi connectivity index (χ4v) is 4.05. The average molecular weight is 487 g/mol. The molecule has 6 heteroatoms. The van der Waals surface area contributed by atoms with Crippen molar-refractivity contribution >= 4 is 27.7 Å². The predicted octanol–water partition coefficient (Wildman–Crippen LogP) is 4.92. The number of hydrogen-bond donors (Lipinski definition) is 1. The van der Waals surface area contributed by atoms with Crippen LogP contribution >= 0.6 is 15.9 Å². The van der Waals surface area contributed by atoms with Gasteiger partial charge in [0, 0.05) is 17.1 Å². The van der Waals surface area contributed by atoms with Crippen molar-refractivity contribution in [3.8, 4) is 5.75 Å². The van der Waals surface area contributed by atoms with Gasteiger partial charge in [-0.05, 0) is 62.9 Å². The molecule has 1 fully saturated rings. The molecule has 1 atom stereocenters. The molecule has 0 aliphatic heterocycles. The zero-order chi connectivity index (χ0) is 22.4. The van der Waals surface area contributed by atoms with Crippen LogP contribution in [0.25, 0.3) is 0 Å². The molecule has 2 aromatic rings. The maximum absolute atomic E-state index is 13.1. The summed E-state index contributed by atoms with van der Waals surface area (Å²) in [7, 11) is 0. The molecule has 31 heavy (non-hydrogen) atoms. The highest BCUT2D eigenvalue weighted by Crippen LogP contribution is 2.22. The van der Waals surface area contributed by atoms with Crippen LogP contribution in [0, 0.1) is 13.8 Å². The van der Waals surface area contributed by atoms with Crippen LogP contribution in [0.5, 0.6) is 5.75 Å². The van der Waals surface area contributed by atoms with Crippen molar-refractivity contribution in [1.82, 2.24) is 10.2 Å². The first kappa shape index (κ1) is 23.3. The Labute approximate surface area is 193 Å². The van der Waals surface area contributed by atoms with E-state index in [1.165, 1.54) is 0 Å². The highest BCUT2D eigenvalue weighted by atomic mass is 79.9. The number of carbonyl (C=O) groups excluding carboxylic acids is 2. The number of amides is 2. The smallest absolute Gasteiger partial charge is 0.261 e. The average Bonchev–Trinajstić information content (AvgIpc) is 3.26. The van der Waals surface area contributed by atoms with E-state index in [9.17, 15) is 9.59 Å². The van der Waals surface area contributed by atoms with Gasteiger partial charge in [-0.1, -0.05) is 58.6 Å². The van der Waals surface area contributed by atoms with Crippen molar-refractivity contribution in [2.45, 2.75) is 65.1 Å². The molecule has 0 unspecified atom stereocenters. The first-order chi connectivity index (χ1) is 14.8. The van der Waals surface area contributed by atoms with E-state index in [1.54, 1.807) is 11.8 Å². The molecule has 3 rings (SSSR count). The van der Waals surface area contributed by atoms with Gasteiger partial charge in [0.2, 0.25) is 5.91 Å². The van der Waals surface area contributed by atoms with Gasteiger partial charge in [0.25, 0.3) is 5.91 Å². The fourth-order valence-electron chi connectivity index (χ4n) is 3.80. The Bertz CT molecular complexity index is 907. The number of carbonyl (C=O) groups is 2. The molecule has 1 aliphatic carbocycles. The number of nitrogens with one attached hydrogen (secondary N) is 1. The van der Waals surface area contributed by atoms with Gasteiger partial charge < -0.3 is 15.0 Å². The van der Waals surface area contributed by atoms with Crippen LogP contribution in [0.1, 0.15) is 49.3 Å². The second-order valence-corrected chi connectivity index (χ2v) is 9.23. The van der Waals surface area contributed by atoms with Crippen molar-refractivity contribution < 1.29 is 14.3 Å². The number of rotatable bonds is 8. The Morgan fingerprint density at radius 2 is 1.81 bits per heavy atom. The Kier molecular flexibility index (Phi) is 8.13. The molecule has 0 saturated heterocycles. The van der Waals surface area contributed by atoms with E-state index in [2.05, 4.69) is 21.2 Å². The molecule has 1 aliphatic rings. The summed E-state index contributed by atoms with van der Waals surface area (Å²) in [4.78, 5) is 27.6. The van der Waals surface area contributed by atoms with Crippen LogP contribution in [-0.2, 0) is 16.1 Å². The number of aryl methyl sites for hydroxylation is 2. The molecule has 166 valence electrons. The van der Waals surface area contributed by atoms with Crippen LogP contribution in [0.4, 0.5) is 0 Å². The third kappa shape index (κ3) is 6.57. The van der Waals surface area contributed by atoms with Crippen LogP contribution in [0.15, 0.2) is 46.9 Å². The lowest BCUT2D eigenvalue weighted by atomic mass is 10.1. The van der Waals surface area contributed by atoms with Gasteiger partial charge in [0.15, 0.2) is 6.61 Å². The molecule has 1 N–H and O–H groups in total. The van der Waals surface area contributed by atoms with Gasteiger partial charge >= 0.3 is 0 Å². The van der Waals surface area contributed by atoms with Gasteiger partial charge in [0.1, 0.15) is 11.8 Å². The minimum atomic E-state index is -0.579.